The van der Waals surface area contributed by atoms with Crippen LogP contribution in [0.3, 0.4) is 0 Å². The van der Waals surface area contributed by atoms with Gasteiger partial charge in [0, 0.05) is 5.56 Å². The first-order valence-corrected chi connectivity index (χ1v) is 5.91. The van der Waals surface area contributed by atoms with Crippen molar-refractivity contribution in [2.45, 2.75) is 19.4 Å². The summed E-state index contributed by atoms with van der Waals surface area (Å²) in [6.45, 7) is 3.50. The van der Waals surface area contributed by atoms with E-state index in [4.69, 9.17) is 0 Å². The third-order valence-corrected chi connectivity index (χ3v) is 3.09. The van der Waals surface area contributed by atoms with E-state index in [0.717, 1.165) is 5.56 Å². The molecule has 0 aliphatic heterocycles. The van der Waals surface area contributed by atoms with Gasteiger partial charge in [-0.25, -0.2) is 0 Å². The maximum Gasteiger partial charge on any atom is 0.198 e. The molecule has 2 aromatic rings. The van der Waals surface area contributed by atoms with E-state index in [0.29, 0.717) is 11.1 Å². The molecule has 92 valence electrons. The third-order valence-electron chi connectivity index (χ3n) is 3.09. The van der Waals surface area contributed by atoms with Crippen LogP contribution in [0.5, 0.6) is 0 Å². The average molecular weight is 240 g/mol. The minimum atomic E-state index is -1.49. The Hall–Kier alpha value is -1.93. The van der Waals surface area contributed by atoms with Crippen LogP contribution in [0.4, 0.5) is 0 Å². The molecule has 1 unspecified atom stereocenters. The number of aryl methyl sites for hydroxylation is 1. The molecule has 0 heterocycles. The van der Waals surface area contributed by atoms with Gasteiger partial charge in [0.2, 0.25) is 0 Å². The van der Waals surface area contributed by atoms with E-state index < -0.39 is 5.60 Å². The topological polar surface area (TPSA) is 37.3 Å². The molecule has 2 aromatic carbocycles. The molecule has 0 amide bonds. The largest absolute Gasteiger partial charge is 0.377 e. The molecular formula is C16H16O2. The Balaban J connectivity index is 2.37. The lowest BCUT2D eigenvalue weighted by Crippen LogP contribution is -2.32. The Kier molecular flexibility index (Phi) is 3.30. The lowest BCUT2D eigenvalue weighted by Gasteiger charge is -2.22. The zero-order valence-electron chi connectivity index (χ0n) is 10.6. The molecule has 0 aliphatic rings. The molecule has 2 heteroatoms. The molecule has 0 bridgehead atoms. The Morgan fingerprint density at radius 2 is 1.56 bits per heavy atom. The predicted octanol–water partition coefficient (Wildman–Crippen LogP) is 3.09. The van der Waals surface area contributed by atoms with Crippen LogP contribution in [0, 0.1) is 6.92 Å². The summed E-state index contributed by atoms with van der Waals surface area (Å²) in [7, 11) is 0. The van der Waals surface area contributed by atoms with Gasteiger partial charge in [0.1, 0.15) is 5.60 Å². The summed E-state index contributed by atoms with van der Waals surface area (Å²) in [5.41, 5.74) is 0.737. The molecule has 0 aromatic heterocycles. The first-order chi connectivity index (χ1) is 8.51. The number of rotatable bonds is 3. The van der Waals surface area contributed by atoms with Crippen LogP contribution < -0.4 is 0 Å². The number of benzene rings is 2. The molecule has 0 fully saturated rings. The maximum atomic E-state index is 12.3. The maximum absolute atomic E-state index is 12.3. The van der Waals surface area contributed by atoms with Gasteiger partial charge in [0.25, 0.3) is 0 Å². The lowest BCUT2D eigenvalue weighted by atomic mass is 9.87. The standard InChI is InChI=1S/C16H16O2/c1-12-8-10-14(11-9-12)16(2,18)15(17)13-6-4-3-5-7-13/h3-11,18H,1-2H3. The van der Waals surface area contributed by atoms with Crippen molar-refractivity contribution < 1.29 is 9.90 Å². The normalized spacial score (nSPS) is 13.9. The molecule has 1 atom stereocenters. The number of hydrogen-bond acceptors (Lipinski definition) is 2. The van der Waals surface area contributed by atoms with Gasteiger partial charge in [-0.15, -0.1) is 0 Å². The van der Waals surface area contributed by atoms with Crippen LogP contribution in [0.15, 0.2) is 54.6 Å². The van der Waals surface area contributed by atoms with E-state index >= 15 is 0 Å². The van der Waals surface area contributed by atoms with E-state index in [2.05, 4.69) is 0 Å². The van der Waals surface area contributed by atoms with Crippen LogP contribution in [-0.2, 0) is 5.60 Å². The highest BCUT2D eigenvalue weighted by molar-refractivity contribution is 6.02. The van der Waals surface area contributed by atoms with E-state index in [1.54, 1.807) is 36.4 Å². The van der Waals surface area contributed by atoms with Gasteiger partial charge in [0.15, 0.2) is 5.78 Å². The highest BCUT2D eigenvalue weighted by atomic mass is 16.3. The highest BCUT2D eigenvalue weighted by Gasteiger charge is 2.32. The van der Waals surface area contributed by atoms with E-state index in [-0.39, 0.29) is 5.78 Å². The Morgan fingerprint density at radius 1 is 1.00 bits per heavy atom. The number of Topliss-reactive ketones (excluding diaryl/α,β-unsaturated/α-hetero) is 1. The Labute approximate surface area is 107 Å². The second-order valence-corrected chi connectivity index (χ2v) is 4.63. The molecule has 0 saturated heterocycles. The minimum Gasteiger partial charge on any atom is -0.377 e. The van der Waals surface area contributed by atoms with E-state index in [9.17, 15) is 9.90 Å². The van der Waals surface area contributed by atoms with Crippen molar-refractivity contribution in [1.29, 1.82) is 0 Å². The molecule has 1 N–H and O–H groups in total. The van der Waals surface area contributed by atoms with Gasteiger partial charge in [-0.05, 0) is 19.4 Å². The van der Waals surface area contributed by atoms with Gasteiger partial charge < -0.3 is 5.11 Å². The lowest BCUT2D eigenvalue weighted by molar-refractivity contribution is 0.0392. The molecule has 2 nitrogen and oxygen atoms in total. The zero-order valence-corrected chi connectivity index (χ0v) is 10.6. The molecule has 0 spiro atoms. The number of carbonyl (C=O) groups excluding carboxylic acids is 1. The highest BCUT2D eigenvalue weighted by Crippen LogP contribution is 2.25. The number of aliphatic hydroxyl groups is 1. The first-order valence-electron chi connectivity index (χ1n) is 5.91. The summed E-state index contributed by atoms with van der Waals surface area (Å²) in [5, 5.41) is 10.4. The van der Waals surface area contributed by atoms with E-state index in [1.807, 2.05) is 25.1 Å². The summed E-state index contributed by atoms with van der Waals surface area (Å²) >= 11 is 0. The number of hydrogen-bond donors (Lipinski definition) is 1. The van der Waals surface area contributed by atoms with Gasteiger partial charge in [-0.3, -0.25) is 4.79 Å². The van der Waals surface area contributed by atoms with Gasteiger partial charge in [0.05, 0.1) is 0 Å². The molecule has 0 aliphatic carbocycles. The van der Waals surface area contributed by atoms with Crippen molar-refractivity contribution in [3.05, 3.63) is 71.3 Å². The summed E-state index contributed by atoms with van der Waals surface area (Å²) in [6, 6.07) is 16.2. The monoisotopic (exact) mass is 240 g/mol. The second kappa shape index (κ2) is 4.75. The third kappa shape index (κ3) is 2.34. The smallest absolute Gasteiger partial charge is 0.198 e. The van der Waals surface area contributed by atoms with Crippen LogP contribution in [0.2, 0.25) is 0 Å². The average Bonchev–Trinajstić information content (AvgIpc) is 2.39. The first kappa shape index (κ1) is 12.5. The van der Waals surface area contributed by atoms with Crippen LogP contribution in [0.1, 0.15) is 28.4 Å². The quantitative estimate of drug-likeness (QED) is 0.837. The Morgan fingerprint density at radius 3 is 2.11 bits per heavy atom. The summed E-state index contributed by atoms with van der Waals surface area (Å²) in [4.78, 5) is 12.3. The molecular weight excluding hydrogens is 224 g/mol. The molecule has 0 saturated carbocycles. The van der Waals surface area contributed by atoms with Crippen molar-refractivity contribution in [2.24, 2.45) is 0 Å². The summed E-state index contributed by atoms with van der Waals surface area (Å²) in [6.07, 6.45) is 0. The van der Waals surface area contributed by atoms with Crippen LogP contribution in [0.25, 0.3) is 0 Å². The molecule has 2 rings (SSSR count). The predicted molar refractivity (Wildman–Crippen MR) is 71.5 cm³/mol. The number of ketones is 1. The summed E-state index contributed by atoms with van der Waals surface area (Å²) < 4.78 is 0. The van der Waals surface area contributed by atoms with Crippen molar-refractivity contribution >= 4 is 5.78 Å². The van der Waals surface area contributed by atoms with Gasteiger partial charge >= 0.3 is 0 Å². The van der Waals surface area contributed by atoms with Gasteiger partial charge in [-0.1, -0.05) is 60.2 Å². The van der Waals surface area contributed by atoms with Crippen molar-refractivity contribution in [1.82, 2.24) is 0 Å². The van der Waals surface area contributed by atoms with Gasteiger partial charge in [-0.2, -0.15) is 0 Å². The van der Waals surface area contributed by atoms with E-state index in [1.165, 1.54) is 6.92 Å². The minimum absolute atomic E-state index is 0.285. The fourth-order valence-electron chi connectivity index (χ4n) is 1.88. The SMILES string of the molecule is Cc1ccc(C(C)(O)C(=O)c2ccccc2)cc1. The van der Waals surface area contributed by atoms with Crippen molar-refractivity contribution in [3.8, 4) is 0 Å². The van der Waals surface area contributed by atoms with Crippen molar-refractivity contribution in [2.75, 3.05) is 0 Å². The second-order valence-electron chi connectivity index (χ2n) is 4.63. The molecule has 18 heavy (non-hydrogen) atoms. The van der Waals surface area contributed by atoms with Crippen LogP contribution in [-0.4, -0.2) is 10.9 Å². The fraction of sp³-hybridized carbons (Fsp3) is 0.188. The summed E-state index contributed by atoms with van der Waals surface area (Å²) in [5.74, 6) is -0.285. The van der Waals surface area contributed by atoms with Crippen molar-refractivity contribution in [3.63, 3.8) is 0 Å². The fourth-order valence-corrected chi connectivity index (χ4v) is 1.88. The Bertz CT molecular complexity index is 539. The van der Waals surface area contributed by atoms with Crippen LogP contribution >= 0.6 is 0 Å². The number of carbonyl (C=O) groups is 1. The molecule has 0 radical (unpaired) electrons. The zero-order chi connectivity index (χ0) is 13.2.